The van der Waals surface area contributed by atoms with Crippen LogP contribution in [0.15, 0.2) is 47.4 Å². The van der Waals surface area contributed by atoms with Gasteiger partial charge in [-0.15, -0.1) is 0 Å². The van der Waals surface area contributed by atoms with Crippen LogP contribution in [-0.2, 0) is 16.2 Å². The second kappa shape index (κ2) is 6.95. The average molecular weight is 373 g/mol. The Bertz CT molecular complexity index is 844. The van der Waals surface area contributed by atoms with Crippen LogP contribution in [0.4, 0.5) is 18.9 Å². The summed E-state index contributed by atoms with van der Waals surface area (Å²) in [5.74, 6) is -0.141. The first-order valence-corrected chi connectivity index (χ1v) is 8.91. The van der Waals surface area contributed by atoms with Crippen molar-refractivity contribution in [2.24, 2.45) is 0 Å². The van der Waals surface area contributed by atoms with Crippen molar-refractivity contribution in [3.8, 4) is 5.75 Å². The van der Waals surface area contributed by atoms with Gasteiger partial charge in [-0.25, -0.2) is 8.42 Å². The summed E-state index contributed by atoms with van der Waals surface area (Å²) in [6.07, 6.45) is -4.66. The second-order valence-corrected chi connectivity index (χ2v) is 7.42. The van der Waals surface area contributed by atoms with Crippen molar-refractivity contribution >= 4 is 15.7 Å². The van der Waals surface area contributed by atoms with Crippen molar-refractivity contribution in [2.75, 3.05) is 11.8 Å². The number of hydrogen-bond donors (Lipinski definition) is 1. The van der Waals surface area contributed by atoms with E-state index in [1.165, 1.54) is 18.2 Å². The second-order valence-electron chi connectivity index (χ2n) is 5.74. The van der Waals surface area contributed by atoms with Gasteiger partial charge in [-0.2, -0.15) is 13.2 Å². The quantitative estimate of drug-likeness (QED) is 0.831. The summed E-state index contributed by atoms with van der Waals surface area (Å²) >= 11 is 0. The molecule has 0 aliphatic carbocycles. The molecule has 0 heterocycles. The van der Waals surface area contributed by atoms with Gasteiger partial charge in [0.25, 0.3) is 10.0 Å². The Hall–Kier alpha value is -2.22. The van der Waals surface area contributed by atoms with E-state index in [0.29, 0.717) is 6.07 Å². The molecule has 0 unspecified atom stereocenters. The van der Waals surface area contributed by atoms with Crippen LogP contribution in [0, 0.1) is 0 Å². The number of alkyl halides is 3. The van der Waals surface area contributed by atoms with Gasteiger partial charge in [0.2, 0.25) is 0 Å². The van der Waals surface area contributed by atoms with Gasteiger partial charge in [-0.3, -0.25) is 4.72 Å². The number of halogens is 3. The van der Waals surface area contributed by atoms with Crippen LogP contribution in [0.2, 0.25) is 0 Å². The van der Waals surface area contributed by atoms with Crippen LogP contribution in [0.5, 0.6) is 5.75 Å². The summed E-state index contributed by atoms with van der Waals surface area (Å²) in [5.41, 5.74) is -0.283. The average Bonchev–Trinajstić information content (AvgIpc) is 2.53. The third-order valence-electron chi connectivity index (χ3n) is 3.61. The molecule has 2 rings (SSSR count). The van der Waals surface area contributed by atoms with Gasteiger partial charge in [0.05, 0.1) is 17.6 Å². The zero-order valence-corrected chi connectivity index (χ0v) is 14.7. The number of ether oxygens (including phenoxy) is 1. The van der Waals surface area contributed by atoms with E-state index in [9.17, 15) is 21.6 Å². The van der Waals surface area contributed by atoms with Gasteiger partial charge in [0.15, 0.2) is 0 Å². The van der Waals surface area contributed by atoms with Crippen molar-refractivity contribution in [3.05, 3.63) is 53.6 Å². The maximum Gasteiger partial charge on any atom is 0.420 e. The van der Waals surface area contributed by atoms with Gasteiger partial charge >= 0.3 is 6.18 Å². The molecule has 0 aliphatic rings. The van der Waals surface area contributed by atoms with E-state index >= 15 is 0 Å². The molecule has 0 aliphatic heterocycles. The minimum atomic E-state index is -4.66. The first kappa shape index (κ1) is 19.1. The zero-order valence-electron chi connectivity index (χ0n) is 13.9. The van der Waals surface area contributed by atoms with E-state index in [4.69, 9.17) is 0 Å². The molecule has 2 aromatic carbocycles. The predicted octanol–water partition coefficient (Wildman–Crippen LogP) is 4.64. The molecule has 0 saturated carbocycles. The largest absolute Gasteiger partial charge is 0.496 e. The third-order valence-corrected chi connectivity index (χ3v) is 5.01. The summed E-state index contributed by atoms with van der Waals surface area (Å²) in [6, 6.07) is 9.19. The van der Waals surface area contributed by atoms with Crippen LogP contribution in [0.3, 0.4) is 0 Å². The van der Waals surface area contributed by atoms with Gasteiger partial charge < -0.3 is 4.74 Å². The highest BCUT2D eigenvalue weighted by molar-refractivity contribution is 7.92. The molecule has 0 atom stereocenters. The number of sulfonamides is 1. The standard InChI is InChI=1S/C17H18F3NO3S/c1-11(2)12-4-7-14(8-5-12)25(22,23)21-13-6-9-16(24-3)15(10-13)17(18,19)20/h4-11,21H,1-3H3. The van der Waals surface area contributed by atoms with Gasteiger partial charge in [0, 0.05) is 5.69 Å². The van der Waals surface area contributed by atoms with Crippen molar-refractivity contribution in [3.63, 3.8) is 0 Å². The fraction of sp³-hybridized carbons (Fsp3) is 0.294. The van der Waals surface area contributed by atoms with Crippen molar-refractivity contribution < 1.29 is 26.3 Å². The normalized spacial score (nSPS) is 12.3. The van der Waals surface area contributed by atoms with Gasteiger partial charge in [0.1, 0.15) is 5.75 Å². The Labute approximate surface area is 144 Å². The molecule has 2 aromatic rings. The lowest BCUT2D eigenvalue weighted by Gasteiger charge is -2.15. The summed E-state index contributed by atoms with van der Waals surface area (Å²) in [6.45, 7) is 3.94. The summed E-state index contributed by atoms with van der Waals surface area (Å²) in [7, 11) is -2.88. The molecule has 0 amide bonds. The van der Waals surface area contributed by atoms with Crippen LogP contribution >= 0.6 is 0 Å². The highest BCUT2D eigenvalue weighted by Gasteiger charge is 2.34. The fourth-order valence-electron chi connectivity index (χ4n) is 2.24. The SMILES string of the molecule is COc1ccc(NS(=O)(=O)c2ccc(C(C)C)cc2)cc1C(F)(F)F. The van der Waals surface area contributed by atoms with E-state index in [1.54, 1.807) is 12.1 Å². The van der Waals surface area contributed by atoms with Gasteiger partial charge in [-0.05, 0) is 41.8 Å². The lowest BCUT2D eigenvalue weighted by molar-refractivity contribution is -0.138. The molecule has 4 nitrogen and oxygen atoms in total. The Morgan fingerprint density at radius 1 is 1.04 bits per heavy atom. The Balaban J connectivity index is 2.34. The Morgan fingerprint density at radius 2 is 1.64 bits per heavy atom. The molecule has 8 heteroatoms. The monoisotopic (exact) mass is 373 g/mol. The molecule has 0 bridgehead atoms. The molecule has 0 aromatic heterocycles. The third kappa shape index (κ3) is 4.45. The fourth-order valence-corrected chi connectivity index (χ4v) is 3.29. The number of rotatable bonds is 5. The Morgan fingerprint density at radius 3 is 2.12 bits per heavy atom. The summed E-state index contributed by atoms with van der Waals surface area (Å²) in [4.78, 5) is -0.0266. The van der Waals surface area contributed by atoms with Crippen molar-refractivity contribution in [1.29, 1.82) is 0 Å². The lowest BCUT2D eigenvalue weighted by Crippen LogP contribution is -2.14. The van der Waals surface area contributed by atoms with E-state index in [1.807, 2.05) is 13.8 Å². The Kier molecular flexibility index (Phi) is 5.31. The maximum atomic E-state index is 13.0. The topological polar surface area (TPSA) is 55.4 Å². The number of anilines is 1. The number of methoxy groups -OCH3 is 1. The van der Waals surface area contributed by atoms with Crippen LogP contribution in [0.25, 0.3) is 0 Å². The predicted molar refractivity (Wildman–Crippen MR) is 89.3 cm³/mol. The highest BCUT2D eigenvalue weighted by atomic mass is 32.2. The zero-order chi connectivity index (χ0) is 18.8. The lowest BCUT2D eigenvalue weighted by atomic mass is 10.0. The molecular weight excluding hydrogens is 355 g/mol. The summed E-state index contributed by atoms with van der Waals surface area (Å²) in [5, 5.41) is 0. The smallest absolute Gasteiger partial charge is 0.420 e. The molecule has 0 fully saturated rings. The van der Waals surface area contributed by atoms with Crippen LogP contribution < -0.4 is 9.46 Å². The van der Waals surface area contributed by atoms with E-state index in [0.717, 1.165) is 18.7 Å². The number of nitrogens with one attached hydrogen (secondary N) is 1. The minimum absolute atomic E-state index is 0.0266. The van der Waals surface area contributed by atoms with E-state index < -0.39 is 21.8 Å². The molecule has 25 heavy (non-hydrogen) atoms. The minimum Gasteiger partial charge on any atom is -0.496 e. The molecule has 0 saturated heterocycles. The van der Waals surface area contributed by atoms with Crippen molar-refractivity contribution in [1.82, 2.24) is 0 Å². The number of hydrogen-bond acceptors (Lipinski definition) is 3. The first-order chi connectivity index (χ1) is 11.5. The summed E-state index contributed by atoms with van der Waals surface area (Å²) < 4.78 is 70.7. The molecule has 0 radical (unpaired) electrons. The van der Waals surface area contributed by atoms with Crippen LogP contribution in [-0.4, -0.2) is 15.5 Å². The molecule has 136 valence electrons. The van der Waals surface area contributed by atoms with Crippen LogP contribution in [0.1, 0.15) is 30.9 Å². The molecule has 0 spiro atoms. The van der Waals surface area contributed by atoms with Gasteiger partial charge in [-0.1, -0.05) is 26.0 Å². The van der Waals surface area contributed by atoms with E-state index in [-0.39, 0.29) is 22.3 Å². The maximum absolute atomic E-state index is 13.0. The first-order valence-electron chi connectivity index (χ1n) is 7.42. The highest BCUT2D eigenvalue weighted by Crippen LogP contribution is 2.38. The van der Waals surface area contributed by atoms with Crippen molar-refractivity contribution in [2.45, 2.75) is 30.8 Å². The molecule has 1 N–H and O–H groups in total. The molecular formula is C17H18F3NO3S. The number of benzene rings is 2. The van der Waals surface area contributed by atoms with E-state index in [2.05, 4.69) is 9.46 Å².